The molecule has 0 atom stereocenters. The second-order valence-electron chi connectivity index (χ2n) is 8.86. The maximum Gasteiger partial charge on any atom is 0.416 e. The van der Waals surface area contributed by atoms with Crippen LogP contribution in [0, 0.1) is 0 Å². The Morgan fingerprint density at radius 1 is 1.06 bits per heavy atom. The van der Waals surface area contributed by atoms with Crippen LogP contribution in [0.2, 0.25) is 0 Å². The molecule has 4 nitrogen and oxygen atoms in total. The SMILES string of the molecule is CCc1cc(CNC/C(C)=C(\C)N=C(C)c2ccc(C(F)(F)F)cc2)ccc1OC(C)(C)C=O. The van der Waals surface area contributed by atoms with E-state index in [9.17, 15) is 18.0 Å². The van der Waals surface area contributed by atoms with Crippen LogP contribution in [-0.4, -0.2) is 24.1 Å². The number of benzene rings is 2. The van der Waals surface area contributed by atoms with Gasteiger partial charge in [-0.05, 0) is 81.5 Å². The van der Waals surface area contributed by atoms with Crippen molar-refractivity contribution in [2.45, 2.75) is 66.3 Å². The first-order valence-corrected chi connectivity index (χ1v) is 11.2. The molecule has 0 unspecified atom stereocenters. The Balaban J connectivity index is 2.02. The molecular formula is C27H33F3N2O2. The Bertz CT molecular complexity index is 1050. The van der Waals surface area contributed by atoms with Crippen LogP contribution in [0.25, 0.3) is 0 Å². The van der Waals surface area contributed by atoms with E-state index in [-0.39, 0.29) is 0 Å². The van der Waals surface area contributed by atoms with Crippen LogP contribution in [0.4, 0.5) is 13.2 Å². The van der Waals surface area contributed by atoms with Crippen LogP contribution in [0.5, 0.6) is 5.75 Å². The van der Waals surface area contributed by atoms with Crippen molar-refractivity contribution in [2.75, 3.05) is 6.54 Å². The number of aliphatic imine (C=N–C) groups is 1. The zero-order valence-corrected chi connectivity index (χ0v) is 20.6. The van der Waals surface area contributed by atoms with Crippen molar-refractivity contribution in [3.8, 4) is 5.75 Å². The van der Waals surface area contributed by atoms with Crippen LogP contribution in [-0.2, 0) is 23.9 Å². The van der Waals surface area contributed by atoms with Crippen LogP contribution in [0.15, 0.2) is 58.7 Å². The number of alkyl halides is 3. The normalized spacial score (nSPS) is 13.5. The minimum absolute atomic E-state index is 0.619. The molecule has 0 radical (unpaired) electrons. The number of aryl methyl sites for hydroxylation is 1. The highest BCUT2D eigenvalue weighted by atomic mass is 19.4. The summed E-state index contributed by atoms with van der Waals surface area (Å²) in [5.41, 5.74) is 3.76. The lowest BCUT2D eigenvalue weighted by atomic mass is 10.1. The minimum Gasteiger partial charge on any atom is -0.480 e. The monoisotopic (exact) mass is 474 g/mol. The quantitative estimate of drug-likeness (QED) is 0.315. The van der Waals surface area contributed by atoms with Crippen molar-refractivity contribution in [3.05, 3.63) is 76.0 Å². The highest BCUT2D eigenvalue weighted by Crippen LogP contribution is 2.29. The molecule has 34 heavy (non-hydrogen) atoms. The average Bonchev–Trinajstić information content (AvgIpc) is 2.79. The van der Waals surface area contributed by atoms with Gasteiger partial charge < -0.3 is 10.1 Å². The van der Waals surface area contributed by atoms with Crippen LogP contribution >= 0.6 is 0 Å². The molecule has 0 spiro atoms. The first kappa shape index (κ1) is 27.3. The summed E-state index contributed by atoms with van der Waals surface area (Å²) in [6.07, 6.45) is -2.77. The number of rotatable bonds is 10. The average molecular weight is 475 g/mol. The van der Waals surface area contributed by atoms with Crippen molar-refractivity contribution in [2.24, 2.45) is 4.99 Å². The lowest BCUT2D eigenvalue weighted by Crippen LogP contribution is -2.30. The number of allylic oxidation sites excluding steroid dienone is 1. The molecule has 0 fully saturated rings. The maximum absolute atomic E-state index is 12.8. The Labute approximate surface area is 199 Å². The zero-order chi connectivity index (χ0) is 25.5. The number of carbonyl (C=O) groups excluding carboxylic acids is 1. The standard InChI is InChI=1S/C27H33F3N2O2/c1-7-22-14-21(8-13-25(22)34-26(5,6)17-33)16-31-15-18(2)19(3)32-20(4)23-9-11-24(12-10-23)27(28,29)30/h8-14,17,31H,7,15-16H2,1-6H3/b19-18+,32-20?. The third-order valence-corrected chi connectivity index (χ3v) is 5.46. The summed E-state index contributed by atoms with van der Waals surface area (Å²) >= 11 is 0. The molecule has 0 aliphatic heterocycles. The number of aldehydes is 1. The van der Waals surface area contributed by atoms with Gasteiger partial charge in [0, 0.05) is 24.5 Å². The lowest BCUT2D eigenvalue weighted by Gasteiger charge is -2.22. The summed E-state index contributed by atoms with van der Waals surface area (Å²) in [6.45, 7) is 12.4. The van der Waals surface area contributed by atoms with Crippen molar-refractivity contribution < 1.29 is 22.7 Å². The van der Waals surface area contributed by atoms with Gasteiger partial charge in [0.25, 0.3) is 0 Å². The van der Waals surface area contributed by atoms with Gasteiger partial charge in [0.15, 0.2) is 11.9 Å². The molecule has 0 heterocycles. The zero-order valence-electron chi connectivity index (χ0n) is 20.6. The predicted molar refractivity (Wildman–Crippen MR) is 130 cm³/mol. The maximum atomic E-state index is 12.8. The summed E-state index contributed by atoms with van der Waals surface area (Å²) in [6, 6.07) is 11.0. The van der Waals surface area contributed by atoms with Crippen molar-refractivity contribution in [1.82, 2.24) is 5.32 Å². The third-order valence-electron chi connectivity index (χ3n) is 5.46. The fraction of sp³-hybridized carbons (Fsp3) is 0.407. The van der Waals surface area contributed by atoms with E-state index in [1.807, 2.05) is 32.9 Å². The van der Waals surface area contributed by atoms with E-state index in [1.165, 1.54) is 12.1 Å². The number of hydrogen-bond donors (Lipinski definition) is 1. The number of ether oxygens (including phenoxy) is 1. The van der Waals surface area contributed by atoms with Gasteiger partial charge in [-0.15, -0.1) is 0 Å². The van der Waals surface area contributed by atoms with Gasteiger partial charge in [-0.25, -0.2) is 0 Å². The van der Waals surface area contributed by atoms with Gasteiger partial charge in [0.1, 0.15) is 5.75 Å². The molecule has 0 aliphatic carbocycles. The Hall–Kier alpha value is -2.93. The lowest BCUT2D eigenvalue weighted by molar-refractivity contribution is -0.137. The molecule has 0 bridgehead atoms. The molecule has 184 valence electrons. The summed E-state index contributed by atoms with van der Waals surface area (Å²) in [5, 5.41) is 3.40. The van der Waals surface area contributed by atoms with Gasteiger partial charge in [0.2, 0.25) is 0 Å². The van der Waals surface area contributed by atoms with E-state index in [1.54, 1.807) is 20.8 Å². The Kier molecular flexibility index (Phi) is 9.21. The molecule has 0 saturated heterocycles. The van der Waals surface area contributed by atoms with Gasteiger partial charge in [-0.1, -0.05) is 31.2 Å². The second-order valence-corrected chi connectivity index (χ2v) is 8.86. The first-order valence-electron chi connectivity index (χ1n) is 11.2. The summed E-state index contributed by atoms with van der Waals surface area (Å²) in [4.78, 5) is 15.7. The van der Waals surface area contributed by atoms with Crippen molar-refractivity contribution in [1.29, 1.82) is 0 Å². The van der Waals surface area contributed by atoms with Crippen molar-refractivity contribution >= 4 is 12.0 Å². The van der Waals surface area contributed by atoms with E-state index in [4.69, 9.17) is 4.74 Å². The number of nitrogens with zero attached hydrogens (tertiary/aromatic N) is 1. The number of halogens is 3. The largest absolute Gasteiger partial charge is 0.480 e. The minimum atomic E-state index is -4.35. The molecule has 2 aromatic carbocycles. The Morgan fingerprint density at radius 3 is 2.26 bits per heavy atom. The third kappa shape index (κ3) is 7.83. The summed E-state index contributed by atoms with van der Waals surface area (Å²) in [7, 11) is 0. The fourth-order valence-electron chi connectivity index (χ4n) is 3.26. The topological polar surface area (TPSA) is 50.7 Å². The fourth-order valence-corrected chi connectivity index (χ4v) is 3.26. The van der Waals surface area contributed by atoms with Gasteiger partial charge >= 0.3 is 6.18 Å². The molecule has 2 aromatic rings. The molecule has 0 aliphatic rings. The van der Waals surface area contributed by atoms with Crippen LogP contribution in [0.1, 0.15) is 63.8 Å². The van der Waals surface area contributed by atoms with Crippen LogP contribution < -0.4 is 10.1 Å². The molecule has 2 rings (SSSR count). The molecule has 1 N–H and O–H groups in total. The predicted octanol–water partition coefficient (Wildman–Crippen LogP) is 6.52. The van der Waals surface area contributed by atoms with Crippen molar-refractivity contribution in [3.63, 3.8) is 0 Å². The number of carbonyl (C=O) groups is 1. The Morgan fingerprint density at radius 2 is 1.71 bits per heavy atom. The van der Waals surface area contributed by atoms with E-state index in [0.717, 1.165) is 47.2 Å². The molecule has 0 saturated carbocycles. The van der Waals surface area contributed by atoms with Gasteiger partial charge in [-0.3, -0.25) is 9.79 Å². The van der Waals surface area contributed by atoms with Gasteiger partial charge in [-0.2, -0.15) is 13.2 Å². The number of nitrogens with one attached hydrogen (secondary N) is 1. The van der Waals surface area contributed by atoms with E-state index in [2.05, 4.69) is 16.4 Å². The second kappa shape index (κ2) is 11.5. The highest BCUT2D eigenvalue weighted by molar-refractivity contribution is 5.99. The molecule has 0 amide bonds. The molecule has 7 heteroatoms. The van der Waals surface area contributed by atoms with E-state index >= 15 is 0 Å². The first-order chi connectivity index (χ1) is 15.9. The van der Waals surface area contributed by atoms with Crippen LogP contribution in [0.3, 0.4) is 0 Å². The van der Waals surface area contributed by atoms with E-state index < -0.39 is 17.3 Å². The highest BCUT2D eigenvalue weighted by Gasteiger charge is 2.30. The smallest absolute Gasteiger partial charge is 0.416 e. The number of hydrogen-bond acceptors (Lipinski definition) is 4. The summed E-state index contributed by atoms with van der Waals surface area (Å²) < 4.78 is 44.1. The molecular weight excluding hydrogens is 441 g/mol. The van der Waals surface area contributed by atoms with E-state index in [0.29, 0.717) is 30.1 Å². The summed E-state index contributed by atoms with van der Waals surface area (Å²) in [5.74, 6) is 0.711. The molecule has 0 aromatic heterocycles. The van der Waals surface area contributed by atoms with Gasteiger partial charge in [0.05, 0.1) is 5.56 Å².